The zero-order valence-corrected chi connectivity index (χ0v) is 8.73. The molecular weight excluding hydrogens is 219 g/mol. The standard InChI is InChI=1S/C10H11FO5/c1-15-5-3-6(11)8(7(12)4-5)9(13)10(14)16-2/h3-4,9,12-13H,1-2H3. The van der Waals surface area contributed by atoms with Crippen LogP contribution in [0.4, 0.5) is 4.39 Å². The highest BCUT2D eigenvalue weighted by Gasteiger charge is 2.25. The van der Waals surface area contributed by atoms with Crippen LogP contribution in [0.1, 0.15) is 11.7 Å². The maximum Gasteiger partial charge on any atom is 0.339 e. The molecule has 0 aliphatic carbocycles. The highest BCUT2D eigenvalue weighted by Crippen LogP contribution is 2.31. The number of aromatic hydroxyl groups is 1. The molecule has 1 aromatic rings. The summed E-state index contributed by atoms with van der Waals surface area (Å²) in [5, 5.41) is 18.8. The van der Waals surface area contributed by atoms with Crippen LogP contribution in [0.2, 0.25) is 0 Å². The Morgan fingerprint density at radius 3 is 2.50 bits per heavy atom. The molecule has 2 N–H and O–H groups in total. The van der Waals surface area contributed by atoms with Gasteiger partial charge in [-0.3, -0.25) is 0 Å². The van der Waals surface area contributed by atoms with Crippen LogP contribution in [-0.4, -0.2) is 30.4 Å². The van der Waals surface area contributed by atoms with Gasteiger partial charge in [0.15, 0.2) is 6.10 Å². The highest BCUT2D eigenvalue weighted by molar-refractivity contribution is 5.77. The normalized spacial score (nSPS) is 12.0. The Labute approximate surface area is 91.0 Å². The molecule has 0 spiro atoms. The fourth-order valence-corrected chi connectivity index (χ4v) is 1.20. The molecule has 0 aliphatic rings. The maximum atomic E-state index is 13.4. The Bertz CT molecular complexity index is 381. The van der Waals surface area contributed by atoms with Crippen LogP contribution in [0.5, 0.6) is 11.5 Å². The van der Waals surface area contributed by atoms with E-state index in [-0.39, 0.29) is 5.75 Å². The zero-order valence-electron chi connectivity index (χ0n) is 8.73. The quantitative estimate of drug-likeness (QED) is 0.749. The summed E-state index contributed by atoms with van der Waals surface area (Å²) in [5.74, 6) is -2.50. The van der Waals surface area contributed by atoms with Crippen LogP contribution in [0.3, 0.4) is 0 Å². The Balaban J connectivity index is 3.19. The Kier molecular flexibility index (Phi) is 3.68. The molecule has 0 radical (unpaired) electrons. The zero-order chi connectivity index (χ0) is 12.3. The minimum atomic E-state index is -1.86. The van der Waals surface area contributed by atoms with E-state index in [1.807, 2.05) is 0 Å². The van der Waals surface area contributed by atoms with Crippen LogP contribution in [-0.2, 0) is 9.53 Å². The lowest BCUT2D eigenvalue weighted by Gasteiger charge is -2.12. The van der Waals surface area contributed by atoms with Crippen molar-refractivity contribution in [1.29, 1.82) is 0 Å². The third-order valence-corrected chi connectivity index (χ3v) is 2.01. The summed E-state index contributed by atoms with van der Waals surface area (Å²) >= 11 is 0. The lowest BCUT2D eigenvalue weighted by atomic mass is 10.1. The van der Waals surface area contributed by atoms with Gasteiger partial charge in [0, 0.05) is 12.1 Å². The SMILES string of the molecule is COC(=O)C(O)c1c(O)cc(OC)cc1F. The van der Waals surface area contributed by atoms with Crippen molar-refractivity contribution in [2.45, 2.75) is 6.10 Å². The summed E-state index contributed by atoms with van der Waals surface area (Å²) in [6.07, 6.45) is -1.86. The fourth-order valence-electron chi connectivity index (χ4n) is 1.20. The van der Waals surface area contributed by atoms with Crippen molar-refractivity contribution < 1.29 is 28.9 Å². The van der Waals surface area contributed by atoms with Crippen molar-refractivity contribution in [1.82, 2.24) is 0 Å². The van der Waals surface area contributed by atoms with Crippen LogP contribution in [0, 0.1) is 5.82 Å². The Morgan fingerprint density at radius 1 is 1.44 bits per heavy atom. The van der Waals surface area contributed by atoms with Gasteiger partial charge in [0.2, 0.25) is 0 Å². The summed E-state index contributed by atoms with van der Waals surface area (Å²) in [6, 6.07) is 2.03. The summed E-state index contributed by atoms with van der Waals surface area (Å²) in [5.41, 5.74) is -0.535. The van der Waals surface area contributed by atoms with Crippen molar-refractivity contribution in [3.63, 3.8) is 0 Å². The fraction of sp³-hybridized carbons (Fsp3) is 0.300. The van der Waals surface area contributed by atoms with Crippen LogP contribution < -0.4 is 4.74 Å². The molecule has 0 fully saturated rings. The number of rotatable bonds is 3. The predicted molar refractivity (Wildman–Crippen MR) is 51.6 cm³/mol. The van der Waals surface area contributed by atoms with Gasteiger partial charge in [-0.25, -0.2) is 9.18 Å². The first kappa shape index (κ1) is 12.3. The third kappa shape index (κ3) is 2.22. The first-order chi connectivity index (χ1) is 7.51. The minimum Gasteiger partial charge on any atom is -0.507 e. The van der Waals surface area contributed by atoms with Crippen molar-refractivity contribution >= 4 is 5.97 Å². The van der Waals surface area contributed by atoms with E-state index in [1.165, 1.54) is 7.11 Å². The minimum absolute atomic E-state index is 0.0795. The molecule has 0 aromatic heterocycles. The van der Waals surface area contributed by atoms with E-state index in [1.54, 1.807) is 0 Å². The number of methoxy groups -OCH3 is 2. The molecule has 0 aliphatic heterocycles. The summed E-state index contributed by atoms with van der Waals surface area (Å²) < 4.78 is 22.4. The highest BCUT2D eigenvalue weighted by atomic mass is 19.1. The van der Waals surface area contributed by atoms with Gasteiger partial charge in [0.25, 0.3) is 0 Å². The van der Waals surface area contributed by atoms with E-state index in [0.717, 1.165) is 19.2 Å². The summed E-state index contributed by atoms with van der Waals surface area (Å²) in [7, 11) is 2.34. The maximum absolute atomic E-state index is 13.4. The van der Waals surface area contributed by atoms with E-state index in [2.05, 4.69) is 4.74 Å². The van der Waals surface area contributed by atoms with Crippen LogP contribution >= 0.6 is 0 Å². The lowest BCUT2D eigenvalue weighted by Crippen LogP contribution is -2.15. The van der Waals surface area contributed by atoms with E-state index in [4.69, 9.17) is 4.74 Å². The van der Waals surface area contributed by atoms with E-state index >= 15 is 0 Å². The number of carbonyl (C=O) groups is 1. The number of carbonyl (C=O) groups excluding carboxylic acids is 1. The van der Waals surface area contributed by atoms with Gasteiger partial charge in [0.05, 0.1) is 19.8 Å². The second kappa shape index (κ2) is 4.80. The number of esters is 1. The van der Waals surface area contributed by atoms with E-state index < -0.39 is 29.2 Å². The third-order valence-electron chi connectivity index (χ3n) is 2.01. The van der Waals surface area contributed by atoms with Gasteiger partial charge in [0.1, 0.15) is 17.3 Å². The van der Waals surface area contributed by atoms with Gasteiger partial charge in [-0.1, -0.05) is 0 Å². The molecule has 1 atom stereocenters. The monoisotopic (exact) mass is 230 g/mol. The smallest absolute Gasteiger partial charge is 0.339 e. The largest absolute Gasteiger partial charge is 0.507 e. The van der Waals surface area contributed by atoms with Gasteiger partial charge >= 0.3 is 5.97 Å². The molecule has 6 heteroatoms. The van der Waals surface area contributed by atoms with Gasteiger partial charge < -0.3 is 19.7 Å². The van der Waals surface area contributed by atoms with E-state index in [9.17, 15) is 19.4 Å². The molecule has 0 heterocycles. The second-order valence-corrected chi connectivity index (χ2v) is 2.97. The number of aliphatic hydroxyl groups excluding tert-OH is 1. The molecule has 0 saturated carbocycles. The Hall–Kier alpha value is -1.82. The van der Waals surface area contributed by atoms with Crippen LogP contribution in [0.25, 0.3) is 0 Å². The first-order valence-electron chi connectivity index (χ1n) is 4.33. The average molecular weight is 230 g/mol. The molecule has 1 unspecified atom stereocenters. The van der Waals surface area contributed by atoms with Crippen molar-refractivity contribution in [3.8, 4) is 11.5 Å². The number of halogens is 1. The molecule has 88 valence electrons. The molecule has 16 heavy (non-hydrogen) atoms. The van der Waals surface area contributed by atoms with Crippen molar-refractivity contribution in [2.24, 2.45) is 0 Å². The molecule has 0 bridgehead atoms. The van der Waals surface area contributed by atoms with E-state index in [0.29, 0.717) is 0 Å². The lowest BCUT2D eigenvalue weighted by molar-refractivity contribution is -0.151. The molecule has 1 aromatic carbocycles. The van der Waals surface area contributed by atoms with Gasteiger partial charge in [-0.05, 0) is 0 Å². The summed E-state index contributed by atoms with van der Waals surface area (Å²) in [6.45, 7) is 0. The number of phenols is 1. The molecular formula is C10H11FO5. The molecule has 1 rings (SSSR count). The van der Waals surface area contributed by atoms with Crippen LogP contribution in [0.15, 0.2) is 12.1 Å². The van der Waals surface area contributed by atoms with Gasteiger partial charge in [-0.15, -0.1) is 0 Å². The number of aliphatic hydroxyl groups is 1. The Morgan fingerprint density at radius 2 is 2.06 bits per heavy atom. The number of benzene rings is 1. The average Bonchev–Trinajstić information content (AvgIpc) is 2.26. The number of hydrogen-bond donors (Lipinski definition) is 2. The first-order valence-corrected chi connectivity index (χ1v) is 4.33. The summed E-state index contributed by atoms with van der Waals surface area (Å²) in [4.78, 5) is 11.0. The predicted octanol–water partition coefficient (Wildman–Crippen LogP) is 0.746. The number of hydrogen-bond acceptors (Lipinski definition) is 5. The molecule has 0 saturated heterocycles. The van der Waals surface area contributed by atoms with Crippen molar-refractivity contribution in [2.75, 3.05) is 14.2 Å². The molecule has 5 nitrogen and oxygen atoms in total. The number of ether oxygens (including phenoxy) is 2. The molecule has 0 amide bonds. The van der Waals surface area contributed by atoms with Crippen molar-refractivity contribution in [3.05, 3.63) is 23.5 Å². The second-order valence-electron chi connectivity index (χ2n) is 2.97. The van der Waals surface area contributed by atoms with Gasteiger partial charge in [-0.2, -0.15) is 0 Å². The number of phenolic OH excluding ortho intramolecular Hbond substituents is 1. The topological polar surface area (TPSA) is 76.0 Å².